The van der Waals surface area contributed by atoms with Crippen LogP contribution >= 0.6 is 0 Å². The number of ether oxygens (including phenoxy) is 3. The van der Waals surface area contributed by atoms with E-state index >= 15 is 0 Å². The molecule has 8 nitrogen and oxygen atoms in total. The summed E-state index contributed by atoms with van der Waals surface area (Å²) in [4.78, 5) is 14.9. The van der Waals surface area contributed by atoms with Gasteiger partial charge >= 0.3 is 0 Å². The molecule has 0 unspecified atom stereocenters. The summed E-state index contributed by atoms with van der Waals surface area (Å²) in [6.07, 6.45) is 0.840. The molecule has 1 heterocycles. The number of hydrogen-bond donors (Lipinski definition) is 1. The molecule has 1 aliphatic rings. The van der Waals surface area contributed by atoms with E-state index in [9.17, 15) is 13.2 Å². The second-order valence-corrected chi connectivity index (χ2v) is 10.8. The molecule has 1 amide bonds. The fraction of sp³-hybridized carbons (Fsp3) is 0.458. The summed E-state index contributed by atoms with van der Waals surface area (Å²) < 4.78 is 45.1. The van der Waals surface area contributed by atoms with E-state index in [0.29, 0.717) is 35.3 Å². The second-order valence-electron chi connectivity index (χ2n) is 9.12. The average Bonchev–Trinajstić information content (AvgIpc) is 2.86. The van der Waals surface area contributed by atoms with Crippen LogP contribution in [0, 0.1) is 11.3 Å². The molecule has 0 saturated carbocycles. The van der Waals surface area contributed by atoms with Crippen LogP contribution in [-0.4, -0.2) is 41.7 Å². The first-order valence-electron chi connectivity index (χ1n) is 10.8. The van der Waals surface area contributed by atoms with Crippen LogP contribution in [0.3, 0.4) is 0 Å². The minimum absolute atomic E-state index is 0.0156. The summed E-state index contributed by atoms with van der Waals surface area (Å²) in [7, 11) is -1.06. The van der Waals surface area contributed by atoms with Crippen LogP contribution in [0.5, 0.6) is 17.2 Å². The predicted molar refractivity (Wildman–Crippen MR) is 128 cm³/mol. The van der Waals surface area contributed by atoms with Crippen LogP contribution in [0.4, 0.5) is 11.4 Å². The van der Waals surface area contributed by atoms with Gasteiger partial charge in [0.25, 0.3) is 10.0 Å². The largest absolute Gasteiger partial charge is 0.497 e. The third-order valence-electron chi connectivity index (χ3n) is 5.51. The second kappa shape index (κ2) is 9.51. The van der Waals surface area contributed by atoms with E-state index in [1.807, 2.05) is 13.8 Å². The van der Waals surface area contributed by atoms with Crippen molar-refractivity contribution in [2.45, 2.75) is 39.0 Å². The topological polar surface area (TPSA) is 94.2 Å². The van der Waals surface area contributed by atoms with Gasteiger partial charge in [-0.2, -0.15) is 0 Å². The van der Waals surface area contributed by atoms with Gasteiger partial charge in [-0.3, -0.25) is 9.52 Å². The lowest BCUT2D eigenvalue weighted by molar-refractivity contribution is -0.127. The number of hydrogen-bond acceptors (Lipinski definition) is 6. The van der Waals surface area contributed by atoms with Crippen molar-refractivity contribution >= 4 is 27.3 Å². The van der Waals surface area contributed by atoms with Gasteiger partial charge < -0.3 is 19.1 Å². The van der Waals surface area contributed by atoms with Crippen LogP contribution in [0.15, 0.2) is 41.3 Å². The maximum atomic E-state index is 13.2. The molecule has 0 aliphatic carbocycles. The van der Waals surface area contributed by atoms with Gasteiger partial charge in [0.1, 0.15) is 28.8 Å². The highest BCUT2D eigenvalue weighted by molar-refractivity contribution is 7.92. The standard InChI is InChI=1S/C24H32N2O6S/c1-16(2)11-12-26-19-9-7-17(13-20(19)32-15-24(3,4)23(26)27)25-33(28,29)22-10-8-18(30-5)14-21(22)31-6/h7-10,13-14,16,25H,11-12,15H2,1-6H3. The Hall–Kier alpha value is -2.94. The zero-order valence-electron chi connectivity index (χ0n) is 20.0. The molecule has 0 atom stereocenters. The van der Waals surface area contributed by atoms with Crippen molar-refractivity contribution in [3.8, 4) is 17.2 Å². The number of sulfonamides is 1. The van der Waals surface area contributed by atoms with E-state index < -0.39 is 15.4 Å². The van der Waals surface area contributed by atoms with Gasteiger partial charge in [-0.1, -0.05) is 13.8 Å². The number of rotatable bonds is 8. The summed E-state index contributed by atoms with van der Waals surface area (Å²) in [6.45, 7) is 8.67. The Kier molecular flexibility index (Phi) is 7.11. The van der Waals surface area contributed by atoms with Crippen molar-refractivity contribution in [1.82, 2.24) is 0 Å². The van der Waals surface area contributed by atoms with Crippen molar-refractivity contribution in [2.75, 3.05) is 37.0 Å². The van der Waals surface area contributed by atoms with Crippen molar-refractivity contribution in [3.05, 3.63) is 36.4 Å². The van der Waals surface area contributed by atoms with Crippen molar-refractivity contribution in [1.29, 1.82) is 0 Å². The maximum absolute atomic E-state index is 13.2. The average molecular weight is 477 g/mol. The van der Waals surface area contributed by atoms with Crippen LogP contribution in [0.25, 0.3) is 0 Å². The molecule has 3 rings (SSSR count). The van der Waals surface area contributed by atoms with Gasteiger partial charge in [0.15, 0.2) is 0 Å². The SMILES string of the molecule is COc1ccc(S(=O)(=O)Nc2ccc3c(c2)OCC(C)(C)C(=O)N3CCC(C)C)c(OC)c1. The summed E-state index contributed by atoms with van der Waals surface area (Å²) >= 11 is 0. The highest BCUT2D eigenvalue weighted by Crippen LogP contribution is 2.39. The number of nitrogens with one attached hydrogen (secondary N) is 1. The lowest BCUT2D eigenvalue weighted by atomic mass is 9.92. The Morgan fingerprint density at radius 1 is 1.12 bits per heavy atom. The van der Waals surface area contributed by atoms with E-state index in [4.69, 9.17) is 14.2 Å². The number of anilines is 2. The fourth-order valence-electron chi connectivity index (χ4n) is 3.53. The van der Waals surface area contributed by atoms with Crippen molar-refractivity contribution < 1.29 is 27.4 Å². The number of amides is 1. The lowest BCUT2D eigenvalue weighted by Crippen LogP contribution is -2.42. The van der Waals surface area contributed by atoms with E-state index in [2.05, 4.69) is 18.6 Å². The molecule has 0 spiro atoms. The van der Waals surface area contributed by atoms with Crippen LogP contribution in [0.2, 0.25) is 0 Å². The van der Waals surface area contributed by atoms with Gasteiger partial charge in [0.2, 0.25) is 5.91 Å². The molecule has 1 aliphatic heterocycles. The van der Waals surface area contributed by atoms with E-state index in [1.165, 1.54) is 26.4 Å². The first-order valence-corrected chi connectivity index (χ1v) is 12.3. The highest BCUT2D eigenvalue weighted by Gasteiger charge is 2.37. The van der Waals surface area contributed by atoms with E-state index in [-0.39, 0.29) is 23.2 Å². The van der Waals surface area contributed by atoms with Crippen molar-refractivity contribution in [3.63, 3.8) is 0 Å². The Morgan fingerprint density at radius 2 is 1.85 bits per heavy atom. The molecule has 0 fully saturated rings. The van der Waals surface area contributed by atoms with Gasteiger partial charge in [0, 0.05) is 18.7 Å². The third-order valence-corrected chi connectivity index (χ3v) is 6.93. The fourth-order valence-corrected chi connectivity index (χ4v) is 4.73. The maximum Gasteiger partial charge on any atom is 0.265 e. The molecule has 0 saturated heterocycles. The van der Waals surface area contributed by atoms with Crippen LogP contribution < -0.4 is 23.8 Å². The molecular weight excluding hydrogens is 444 g/mol. The van der Waals surface area contributed by atoms with Gasteiger partial charge in [0.05, 0.1) is 31.0 Å². The number of methoxy groups -OCH3 is 2. The Bertz CT molecular complexity index is 1130. The molecule has 9 heteroatoms. The smallest absolute Gasteiger partial charge is 0.265 e. The van der Waals surface area contributed by atoms with Gasteiger partial charge in [-0.25, -0.2) is 8.42 Å². The number of carbonyl (C=O) groups excluding carboxylic acids is 1. The number of benzene rings is 2. The third kappa shape index (κ3) is 5.35. The van der Waals surface area contributed by atoms with E-state index in [0.717, 1.165) is 6.42 Å². The summed E-state index contributed by atoms with van der Waals surface area (Å²) in [5, 5.41) is 0. The molecule has 33 heavy (non-hydrogen) atoms. The molecule has 2 aromatic carbocycles. The Labute approximate surface area is 195 Å². The quantitative estimate of drug-likeness (QED) is 0.610. The first kappa shape index (κ1) is 24.7. The molecule has 2 aromatic rings. The van der Waals surface area contributed by atoms with Crippen LogP contribution in [-0.2, 0) is 14.8 Å². The first-order chi connectivity index (χ1) is 15.5. The van der Waals surface area contributed by atoms with Crippen molar-refractivity contribution in [2.24, 2.45) is 11.3 Å². The van der Waals surface area contributed by atoms with Gasteiger partial charge in [-0.15, -0.1) is 0 Å². The zero-order chi connectivity index (χ0) is 24.4. The lowest BCUT2D eigenvalue weighted by Gasteiger charge is -2.28. The number of carbonyl (C=O) groups is 1. The van der Waals surface area contributed by atoms with Gasteiger partial charge in [-0.05, 0) is 50.5 Å². The molecule has 0 bridgehead atoms. The summed E-state index contributed by atoms with van der Waals surface area (Å²) in [5.74, 6) is 1.52. The molecule has 0 radical (unpaired) electrons. The summed E-state index contributed by atoms with van der Waals surface area (Å²) in [6, 6.07) is 9.45. The highest BCUT2D eigenvalue weighted by atomic mass is 32.2. The molecule has 1 N–H and O–H groups in total. The normalized spacial score (nSPS) is 15.5. The number of nitrogens with zero attached hydrogens (tertiary/aromatic N) is 1. The molecule has 180 valence electrons. The Balaban J connectivity index is 1.95. The summed E-state index contributed by atoms with van der Waals surface area (Å²) in [5.41, 5.74) is 0.255. The Morgan fingerprint density at radius 3 is 2.48 bits per heavy atom. The predicted octanol–water partition coefficient (Wildman–Crippen LogP) is 4.30. The molecular formula is C24H32N2O6S. The monoisotopic (exact) mass is 476 g/mol. The number of fused-ring (bicyclic) bond motifs is 1. The van der Waals surface area contributed by atoms with Crippen LogP contribution in [0.1, 0.15) is 34.1 Å². The minimum atomic E-state index is -3.95. The van der Waals surface area contributed by atoms with E-state index in [1.54, 1.807) is 29.2 Å². The zero-order valence-corrected chi connectivity index (χ0v) is 20.8. The minimum Gasteiger partial charge on any atom is -0.497 e. The molecule has 0 aromatic heterocycles.